The first-order chi connectivity index (χ1) is 13.9. The molecule has 2 aliphatic rings. The molecular weight excluding hydrogens is 380 g/mol. The van der Waals surface area contributed by atoms with E-state index in [4.69, 9.17) is 14.6 Å². The van der Waals surface area contributed by atoms with Crippen molar-refractivity contribution in [1.29, 1.82) is 0 Å². The Morgan fingerprint density at radius 1 is 1.24 bits per heavy atom. The van der Waals surface area contributed by atoms with Gasteiger partial charge in [-0.3, -0.25) is 14.5 Å². The first-order valence-electron chi connectivity index (χ1n) is 9.58. The topological polar surface area (TPSA) is 117 Å². The summed E-state index contributed by atoms with van der Waals surface area (Å²) in [5.41, 5.74) is 0.458. The molecule has 3 rings (SSSR count). The SMILES string of the molecule is CCC[C@H]1COC[C@H]2CN(C(=O)c3cc(O)cc(C(=O)OC)c3)CCN12.O=CO. The third-order valence-corrected chi connectivity index (χ3v) is 5.11. The zero-order valence-corrected chi connectivity index (χ0v) is 16.7. The molecule has 0 spiro atoms. The van der Waals surface area contributed by atoms with E-state index in [2.05, 4.69) is 16.6 Å². The van der Waals surface area contributed by atoms with E-state index in [9.17, 15) is 14.7 Å². The minimum Gasteiger partial charge on any atom is -0.508 e. The van der Waals surface area contributed by atoms with E-state index in [1.165, 1.54) is 25.3 Å². The minimum atomic E-state index is -0.581. The fourth-order valence-electron chi connectivity index (χ4n) is 3.85. The van der Waals surface area contributed by atoms with Crippen molar-refractivity contribution in [3.8, 4) is 5.75 Å². The minimum absolute atomic E-state index is 0.126. The number of benzene rings is 1. The zero-order valence-electron chi connectivity index (χ0n) is 16.7. The van der Waals surface area contributed by atoms with Crippen molar-refractivity contribution in [3.63, 3.8) is 0 Å². The van der Waals surface area contributed by atoms with Gasteiger partial charge < -0.3 is 24.6 Å². The van der Waals surface area contributed by atoms with Gasteiger partial charge in [0.2, 0.25) is 0 Å². The second-order valence-corrected chi connectivity index (χ2v) is 6.99. The van der Waals surface area contributed by atoms with Crippen molar-refractivity contribution in [1.82, 2.24) is 9.80 Å². The average Bonchev–Trinajstić information content (AvgIpc) is 2.72. The van der Waals surface area contributed by atoms with Gasteiger partial charge in [-0.1, -0.05) is 13.3 Å². The van der Waals surface area contributed by atoms with E-state index in [1.54, 1.807) is 4.90 Å². The molecule has 2 fully saturated rings. The molecule has 9 heteroatoms. The number of fused-ring (bicyclic) bond motifs is 1. The van der Waals surface area contributed by atoms with Crippen LogP contribution in [-0.4, -0.2) is 90.4 Å². The number of methoxy groups -OCH3 is 1. The molecule has 2 aliphatic heterocycles. The highest BCUT2D eigenvalue weighted by molar-refractivity contribution is 5.98. The Kier molecular flexibility index (Phi) is 8.41. The van der Waals surface area contributed by atoms with Gasteiger partial charge in [0.05, 0.1) is 31.9 Å². The molecule has 0 radical (unpaired) electrons. The van der Waals surface area contributed by atoms with E-state index < -0.39 is 5.97 Å². The van der Waals surface area contributed by atoms with Crippen molar-refractivity contribution in [2.75, 3.05) is 40.0 Å². The maximum atomic E-state index is 12.9. The van der Waals surface area contributed by atoms with Crippen LogP contribution < -0.4 is 0 Å². The maximum absolute atomic E-state index is 12.9. The highest BCUT2D eigenvalue weighted by Crippen LogP contribution is 2.24. The van der Waals surface area contributed by atoms with Crippen LogP contribution in [0.15, 0.2) is 18.2 Å². The van der Waals surface area contributed by atoms with Crippen LogP contribution >= 0.6 is 0 Å². The summed E-state index contributed by atoms with van der Waals surface area (Å²) in [6.45, 7) is 5.32. The Labute approximate surface area is 169 Å². The second-order valence-electron chi connectivity index (χ2n) is 6.99. The molecule has 2 saturated heterocycles. The van der Waals surface area contributed by atoms with Crippen LogP contribution in [0.3, 0.4) is 0 Å². The standard InChI is InChI=1S/C19H26N2O5.CH2O2/c1-3-4-15-11-26-12-16-10-20(5-6-21(15)16)18(23)13-7-14(19(24)25-2)9-17(22)8-13;2-1-3/h7-9,15-16,22H,3-6,10-12H2,1-2H3;1H,(H,2,3)/t15-,16+;/m0./s1. The summed E-state index contributed by atoms with van der Waals surface area (Å²) < 4.78 is 10.4. The molecule has 9 nitrogen and oxygen atoms in total. The van der Waals surface area contributed by atoms with Crippen molar-refractivity contribution in [2.24, 2.45) is 0 Å². The van der Waals surface area contributed by atoms with Crippen LogP contribution in [0.4, 0.5) is 0 Å². The van der Waals surface area contributed by atoms with E-state index in [-0.39, 0.29) is 29.7 Å². The summed E-state index contributed by atoms with van der Waals surface area (Å²) in [5, 5.41) is 16.7. The number of hydrogen-bond acceptors (Lipinski definition) is 7. The summed E-state index contributed by atoms with van der Waals surface area (Å²) in [4.78, 5) is 37.2. The number of phenols is 1. The molecule has 1 aromatic rings. The van der Waals surface area contributed by atoms with Gasteiger partial charge in [0.15, 0.2) is 0 Å². The molecule has 0 aliphatic carbocycles. The fourth-order valence-corrected chi connectivity index (χ4v) is 3.85. The van der Waals surface area contributed by atoms with Gasteiger partial charge in [0.1, 0.15) is 5.75 Å². The summed E-state index contributed by atoms with van der Waals surface area (Å²) in [6, 6.07) is 4.76. The first-order valence-corrected chi connectivity index (χ1v) is 9.58. The average molecular weight is 408 g/mol. The number of aromatic hydroxyl groups is 1. The molecule has 1 amide bonds. The molecule has 2 atom stereocenters. The molecular formula is C20H28N2O7. The number of hydrogen-bond donors (Lipinski definition) is 2. The Bertz CT molecular complexity index is 723. The lowest BCUT2D eigenvalue weighted by Gasteiger charge is -2.48. The van der Waals surface area contributed by atoms with Crippen LogP contribution in [0.25, 0.3) is 0 Å². The number of rotatable bonds is 4. The highest BCUT2D eigenvalue weighted by atomic mass is 16.5. The van der Waals surface area contributed by atoms with Gasteiger partial charge >= 0.3 is 5.97 Å². The number of carboxylic acid groups (broad SMARTS) is 1. The summed E-state index contributed by atoms with van der Waals surface area (Å²) >= 11 is 0. The number of carbonyl (C=O) groups excluding carboxylic acids is 2. The van der Waals surface area contributed by atoms with Crippen LogP contribution in [0.5, 0.6) is 5.75 Å². The number of ether oxygens (including phenoxy) is 2. The van der Waals surface area contributed by atoms with E-state index in [0.29, 0.717) is 31.3 Å². The van der Waals surface area contributed by atoms with Gasteiger partial charge in [0, 0.05) is 31.2 Å². The molecule has 160 valence electrons. The maximum Gasteiger partial charge on any atom is 0.338 e. The van der Waals surface area contributed by atoms with Crippen LogP contribution in [0.2, 0.25) is 0 Å². The Morgan fingerprint density at radius 3 is 2.59 bits per heavy atom. The second kappa shape index (κ2) is 10.8. The zero-order chi connectivity index (χ0) is 21.4. The quantitative estimate of drug-likeness (QED) is 0.564. The third kappa shape index (κ3) is 5.68. The number of amides is 1. The van der Waals surface area contributed by atoms with Crippen LogP contribution in [-0.2, 0) is 14.3 Å². The Hall–Kier alpha value is -2.65. The molecule has 2 heterocycles. The summed E-state index contributed by atoms with van der Waals surface area (Å²) in [5.74, 6) is -0.898. The number of esters is 1. The molecule has 2 N–H and O–H groups in total. The van der Waals surface area contributed by atoms with Crippen molar-refractivity contribution >= 4 is 18.3 Å². The van der Waals surface area contributed by atoms with E-state index in [1.807, 2.05) is 0 Å². The summed E-state index contributed by atoms with van der Waals surface area (Å²) in [7, 11) is 1.27. The fraction of sp³-hybridized carbons (Fsp3) is 0.550. The van der Waals surface area contributed by atoms with Crippen LogP contribution in [0.1, 0.15) is 40.5 Å². The predicted octanol–water partition coefficient (Wildman–Crippen LogP) is 1.20. The largest absolute Gasteiger partial charge is 0.508 e. The van der Waals surface area contributed by atoms with Crippen molar-refractivity contribution in [3.05, 3.63) is 29.3 Å². The van der Waals surface area contributed by atoms with Gasteiger partial charge in [0.25, 0.3) is 12.4 Å². The Morgan fingerprint density at radius 2 is 1.93 bits per heavy atom. The predicted molar refractivity (Wildman–Crippen MR) is 104 cm³/mol. The smallest absolute Gasteiger partial charge is 0.338 e. The third-order valence-electron chi connectivity index (χ3n) is 5.11. The highest BCUT2D eigenvalue weighted by Gasteiger charge is 2.36. The number of phenolic OH excluding ortho intramolecular Hbond substituents is 1. The molecule has 29 heavy (non-hydrogen) atoms. The number of morpholine rings is 1. The van der Waals surface area contributed by atoms with Gasteiger partial charge in [-0.2, -0.15) is 0 Å². The lowest BCUT2D eigenvalue weighted by Crippen LogP contribution is -2.62. The van der Waals surface area contributed by atoms with Gasteiger partial charge in [-0.15, -0.1) is 0 Å². The van der Waals surface area contributed by atoms with Gasteiger partial charge in [-0.25, -0.2) is 4.79 Å². The summed E-state index contributed by atoms with van der Waals surface area (Å²) in [6.07, 6.45) is 2.21. The Balaban J connectivity index is 0.000000941. The first kappa shape index (κ1) is 22.6. The molecule has 0 bridgehead atoms. The molecule has 0 aromatic heterocycles. The number of carbonyl (C=O) groups is 3. The molecule has 0 saturated carbocycles. The normalized spacial score (nSPS) is 21.4. The van der Waals surface area contributed by atoms with Crippen molar-refractivity contribution in [2.45, 2.75) is 31.8 Å². The van der Waals surface area contributed by atoms with Gasteiger partial charge in [-0.05, 0) is 24.6 Å². The van der Waals surface area contributed by atoms with Crippen LogP contribution in [0, 0.1) is 0 Å². The monoisotopic (exact) mass is 408 g/mol. The lowest BCUT2D eigenvalue weighted by molar-refractivity contribution is -0.122. The molecule has 1 aromatic carbocycles. The number of nitrogens with zero attached hydrogens (tertiary/aromatic N) is 2. The van der Waals surface area contributed by atoms with E-state index >= 15 is 0 Å². The number of piperazine rings is 1. The molecule has 0 unspecified atom stereocenters. The van der Waals surface area contributed by atoms with E-state index in [0.717, 1.165) is 26.0 Å². The lowest BCUT2D eigenvalue weighted by atomic mass is 10.0. The van der Waals surface area contributed by atoms with Crippen molar-refractivity contribution < 1.29 is 34.1 Å².